The van der Waals surface area contributed by atoms with E-state index in [2.05, 4.69) is 5.32 Å². The molecule has 9 heteroatoms. The molecule has 162 valence electrons. The van der Waals surface area contributed by atoms with Gasteiger partial charge in [0.1, 0.15) is 16.4 Å². The highest BCUT2D eigenvalue weighted by Crippen LogP contribution is 2.26. The lowest BCUT2D eigenvalue weighted by Crippen LogP contribution is -2.31. The summed E-state index contributed by atoms with van der Waals surface area (Å²) in [5, 5.41) is 18.9. The zero-order chi connectivity index (χ0) is 20.7. The van der Waals surface area contributed by atoms with Gasteiger partial charge in [0.15, 0.2) is 0 Å². The van der Waals surface area contributed by atoms with E-state index in [-0.39, 0.29) is 35.6 Å². The lowest BCUT2D eigenvalue weighted by atomic mass is 10.0. The molecular weight excluding hydrogens is 416 g/mol. The van der Waals surface area contributed by atoms with Crippen LogP contribution in [0.4, 0.5) is 0 Å². The fourth-order valence-corrected chi connectivity index (χ4v) is 3.67. The van der Waals surface area contributed by atoms with Crippen LogP contribution in [0, 0.1) is 0 Å². The van der Waals surface area contributed by atoms with E-state index in [0.29, 0.717) is 5.56 Å². The van der Waals surface area contributed by atoms with Crippen molar-refractivity contribution in [2.75, 3.05) is 20.8 Å². The standard InChI is InChI=1S/C20H28N2O5S.ClH/c1-14(8-9-15-6-4-5-7-18(15)26-2)22-13-17(23)16-10-11-19(27-3)20(12-16)28(21,24)25;/h4-7,10-12,14,17,22-23H,8-9,13H2,1-3H3,(H2,21,24,25);1H. The number of para-hydroxylation sites is 1. The largest absolute Gasteiger partial charge is 0.496 e. The Hall–Kier alpha value is -1.84. The predicted octanol–water partition coefficient (Wildman–Crippen LogP) is 2.42. The summed E-state index contributed by atoms with van der Waals surface area (Å²) in [5.74, 6) is 1.01. The highest BCUT2D eigenvalue weighted by molar-refractivity contribution is 7.89. The SMILES string of the molecule is COc1ccccc1CCC(C)NCC(O)c1ccc(OC)c(S(N)(=O)=O)c1.Cl. The van der Waals surface area contributed by atoms with Crippen molar-refractivity contribution in [3.63, 3.8) is 0 Å². The average molecular weight is 445 g/mol. The Kier molecular flexibility index (Phi) is 9.88. The Morgan fingerprint density at radius 1 is 1.10 bits per heavy atom. The number of hydrogen-bond donors (Lipinski definition) is 3. The summed E-state index contributed by atoms with van der Waals surface area (Å²) in [7, 11) is -0.927. The van der Waals surface area contributed by atoms with Gasteiger partial charge >= 0.3 is 0 Å². The topological polar surface area (TPSA) is 111 Å². The summed E-state index contributed by atoms with van der Waals surface area (Å²) in [6.07, 6.45) is 0.824. The van der Waals surface area contributed by atoms with E-state index in [4.69, 9.17) is 14.6 Å². The van der Waals surface area contributed by atoms with E-state index in [0.717, 1.165) is 24.2 Å². The van der Waals surface area contributed by atoms with Crippen LogP contribution in [-0.2, 0) is 16.4 Å². The summed E-state index contributed by atoms with van der Waals surface area (Å²) < 4.78 is 33.8. The first-order valence-electron chi connectivity index (χ1n) is 9.00. The summed E-state index contributed by atoms with van der Waals surface area (Å²) in [6.45, 7) is 2.31. The monoisotopic (exact) mass is 444 g/mol. The molecule has 2 aromatic rings. The second-order valence-corrected chi connectivity index (χ2v) is 8.16. The molecule has 7 nitrogen and oxygen atoms in total. The first-order chi connectivity index (χ1) is 13.3. The third-order valence-corrected chi connectivity index (χ3v) is 5.51. The molecule has 0 aliphatic heterocycles. The zero-order valence-corrected chi connectivity index (χ0v) is 18.4. The van der Waals surface area contributed by atoms with Crippen LogP contribution < -0.4 is 19.9 Å². The van der Waals surface area contributed by atoms with Gasteiger partial charge < -0.3 is 19.9 Å². The molecule has 0 saturated heterocycles. The van der Waals surface area contributed by atoms with Gasteiger partial charge in [0.2, 0.25) is 10.0 Å². The van der Waals surface area contributed by atoms with Gasteiger partial charge in [-0.15, -0.1) is 12.4 Å². The van der Waals surface area contributed by atoms with Crippen molar-refractivity contribution in [3.8, 4) is 11.5 Å². The number of halogens is 1. The maximum Gasteiger partial charge on any atom is 0.241 e. The van der Waals surface area contributed by atoms with Gasteiger partial charge in [-0.25, -0.2) is 13.6 Å². The third-order valence-electron chi connectivity index (χ3n) is 4.58. The quantitative estimate of drug-likeness (QED) is 0.519. The molecule has 0 amide bonds. The molecule has 0 bridgehead atoms. The highest BCUT2D eigenvalue weighted by Gasteiger charge is 2.18. The fourth-order valence-electron chi connectivity index (χ4n) is 2.94. The molecular formula is C20H29ClN2O5S. The van der Waals surface area contributed by atoms with Gasteiger partial charge in [-0.05, 0) is 49.1 Å². The number of nitrogens with one attached hydrogen (secondary N) is 1. The first kappa shape index (κ1) is 25.2. The van der Waals surface area contributed by atoms with Crippen LogP contribution in [0.2, 0.25) is 0 Å². The van der Waals surface area contributed by atoms with E-state index in [1.165, 1.54) is 19.2 Å². The summed E-state index contributed by atoms with van der Waals surface area (Å²) in [5.41, 5.74) is 1.58. The minimum absolute atomic E-state index is 0. The number of methoxy groups -OCH3 is 2. The Labute approximate surface area is 178 Å². The van der Waals surface area contributed by atoms with Crippen molar-refractivity contribution in [1.82, 2.24) is 5.32 Å². The van der Waals surface area contributed by atoms with Crippen molar-refractivity contribution < 1.29 is 23.0 Å². The maximum atomic E-state index is 11.7. The van der Waals surface area contributed by atoms with Crippen LogP contribution in [0.15, 0.2) is 47.4 Å². The number of aliphatic hydroxyl groups is 1. The molecule has 0 aromatic heterocycles. The van der Waals surface area contributed by atoms with E-state index in [1.54, 1.807) is 13.2 Å². The van der Waals surface area contributed by atoms with Crippen LogP contribution in [0.5, 0.6) is 11.5 Å². The highest BCUT2D eigenvalue weighted by atomic mass is 35.5. The van der Waals surface area contributed by atoms with Crippen LogP contribution in [-0.4, -0.2) is 40.3 Å². The van der Waals surface area contributed by atoms with Gasteiger partial charge in [-0.2, -0.15) is 0 Å². The maximum absolute atomic E-state index is 11.7. The van der Waals surface area contributed by atoms with Gasteiger partial charge in [0.05, 0.1) is 20.3 Å². The molecule has 0 aliphatic carbocycles. The predicted molar refractivity (Wildman–Crippen MR) is 115 cm³/mol. The molecule has 4 N–H and O–H groups in total. The fraction of sp³-hybridized carbons (Fsp3) is 0.400. The number of ether oxygens (including phenoxy) is 2. The van der Waals surface area contributed by atoms with Gasteiger partial charge in [0.25, 0.3) is 0 Å². The van der Waals surface area contributed by atoms with E-state index in [1.807, 2.05) is 31.2 Å². The molecule has 2 rings (SSSR count). The van der Waals surface area contributed by atoms with Crippen LogP contribution in [0.3, 0.4) is 0 Å². The Balaban J connectivity index is 0.00000420. The normalized spacial score (nSPS) is 13.3. The lowest BCUT2D eigenvalue weighted by Gasteiger charge is -2.19. The van der Waals surface area contributed by atoms with Crippen LogP contribution in [0.1, 0.15) is 30.6 Å². The van der Waals surface area contributed by atoms with Crippen molar-refractivity contribution in [3.05, 3.63) is 53.6 Å². The van der Waals surface area contributed by atoms with E-state index < -0.39 is 16.1 Å². The number of benzene rings is 2. The van der Waals surface area contributed by atoms with Gasteiger partial charge in [0, 0.05) is 12.6 Å². The number of nitrogens with two attached hydrogens (primary N) is 1. The number of aliphatic hydroxyl groups excluding tert-OH is 1. The average Bonchev–Trinajstić information content (AvgIpc) is 2.69. The molecule has 0 aliphatic rings. The van der Waals surface area contributed by atoms with Crippen molar-refractivity contribution >= 4 is 22.4 Å². The van der Waals surface area contributed by atoms with Crippen LogP contribution >= 0.6 is 12.4 Å². The van der Waals surface area contributed by atoms with Crippen LogP contribution in [0.25, 0.3) is 0 Å². The number of sulfonamides is 1. The smallest absolute Gasteiger partial charge is 0.241 e. The molecule has 0 radical (unpaired) electrons. The number of hydrogen-bond acceptors (Lipinski definition) is 6. The molecule has 2 unspecified atom stereocenters. The number of aryl methyl sites for hydroxylation is 1. The second kappa shape index (κ2) is 11.4. The minimum atomic E-state index is -3.95. The molecule has 0 spiro atoms. The van der Waals surface area contributed by atoms with E-state index >= 15 is 0 Å². The van der Waals surface area contributed by atoms with E-state index in [9.17, 15) is 13.5 Å². The molecule has 2 atom stereocenters. The third kappa shape index (κ3) is 7.17. The molecule has 0 heterocycles. The Bertz CT molecular complexity index is 892. The molecule has 0 saturated carbocycles. The summed E-state index contributed by atoms with van der Waals surface area (Å²) in [4.78, 5) is -0.143. The Morgan fingerprint density at radius 2 is 1.76 bits per heavy atom. The molecule has 2 aromatic carbocycles. The second-order valence-electron chi connectivity index (χ2n) is 6.63. The molecule has 29 heavy (non-hydrogen) atoms. The summed E-state index contributed by atoms with van der Waals surface area (Å²) >= 11 is 0. The van der Waals surface area contributed by atoms with Gasteiger partial charge in [-0.1, -0.05) is 24.3 Å². The van der Waals surface area contributed by atoms with Gasteiger partial charge in [-0.3, -0.25) is 0 Å². The first-order valence-corrected chi connectivity index (χ1v) is 10.5. The lowest BCUT2D eigenvalue weighted by molar-refractivity contribution is 0.169. The summed E-state index contributed by atoms with van der Waals surface area (Å²) in [6, 6.07) is 12.5. The van der Waals surface area contributed by atoms with Crippen molar-refractivity contribution in [2.24, 2.45) is 5.14 Å². The number of primary sulfonamides is 1. The minimum Gasteiger partial charge on any atom is -0.496 e. The molecule has 0 fully saturated rings. The Morgan fingerprint density at radius 3 is 2.38 bits per heavy atom. The van der Waals surface area contributed by atoms with Crippen molar-refractivity contribution in [1.29, 1.82) is 0 Å². The number of rotatable bonds is 10. The zero-order valence-electron chi connectivity index (χ0n) is 16.8. The van der Waals surface area contributed by atoms with Crippen molar-refractivity contribution in [2.45, 2.75) is 36.8 Å².